The average molecular weight is 142 g/mol. The zero-order chi connectivity index (χ0) is 6.69. The molecule has 0 fully saturated rings. The third-order valence-electron chi connectivity index (χ3n) is 0.768. The summed E-state index contributed by atoms with van der Waals surface area (Å²) in [4.78, 5) is 9.85. The maximum absolute atomic E-state index is 9.85. The molecule has 4 heteroatoms. The van der Waals surface area contributed by atoms with E-state index >= 15 is 0 Å². The van der Waals surface area contributed by atoms with E-state index in [1.54, 1.807) is 16.8 Å². The van der Waals surface area contributed by atoms with Gasteiger partial charge in [-0.2, -0.15) is 11.3 Å². The largest absolute Gasteiger partial charge is 0.530 e. The lowest BCUT2D eigenvalue weighted by molar-refractivity contribution is -0.242. The van der Waals surface area contributed by atoms with Gasteiger partial charge in [0.15, 0.2) is 0 Å². The van der Waals surface area contributed by atoms with Crippen LogP contribution < -0.4 is 10.4 Å². The minimum Gasteiger partial charge on any atom is -0.530 e. The summed E-state index contributed by atoms with van der Waals surface area (Å²) in [5.41, 5.74) is 0.569. The Morgan fingerprint density at radius 1 is 1.78 bits per heavy atom. The summed E-state index contributed by atoms with van der Waals surface area (Å²) in [6.07, 6.45) is -1.27. The van der Waals surface area contributed by atoms with Crippen LogP contribution in [0, 0.1) is 0 Å². The Morgan fingerprint density at radius 2 is 2.56 bits per heavy atom. The maximum atomic E-state index is 9.85. The van der Waals surface area contributed by atoms with Gasteiger partial charge in [-0.25, -0.2) is 0 Å². The topological polar surface area (TPSA) is 52.2 Å². The Morgan fingerprint density at radius 3 is 3.00 bits per heavy atom. The van der Waals surface area contributed by atoms with Crippen molar-refractivity contribution in [3.63, 3.8) is 0 Å². The van der Waals surface area contributed by atoms with E-state index in [1.165, 1.54) is 11.3 Å². The van der Waals surface area contributed by atoms with Crippen LogP contribution in [0.1, 0.15) is 0 Å². The molecule has 0 aliphatic heterocycles. The van der Waals surface area contributed by atoms with Crippen LogP contribution in [-0.4, -0.2) is 6.09 Å². The third-order valence-corrected chi connectivity index (χ3v) is 1.45. The van der Waals surface area contributed by atoms with E-state index in [0.717, 1.165) is 0 Å². The van der Waals surface area contributed by atoms with E-state index in [4.69, 9.17) is 0 Å². The molecule has 0 saturated carbocycles. The predicted molar refractivity (Wildman–Crippen MR) is 33.3 cm³/mol. The number of thiophene rings is 1. The number of hydrogen-bond donors (Lipinski definition) is 1. The lowest BCUT2D eigenvalue weighted by Crippen LogP contribution is -2.28. The molecule has 48 valence electrons. The predicted octanol–water partition coefficient (Wildman–Crippen LogP) is 0.503. The number of carbonyl (C=O) groups is 1. The van der Waals surface area contributed by atoms with Crippen LogP contribution in [0.5, 0.6) is 0 Å². The Bertz CT molecular complexity index is 195. The summed E-state index contributed by atoms with van der Waals surface area (Å²) in [5.74, 6) is 0. The van der Waals surface area contributed by atoms with Gasteiger partial charge < -0.3 is 15.2 Å². The second-order valence-corrected chi connectivity index (χ2v) is 2.20. The van der Waals surface area contributed by atoms with E-state index in [1.807, 2.05) is 0 Å². The molecular weight excluding hydrogens is 138 g/mol. The van der Waals surface area contributed by atoms with Gasteiger partial charge in [-0.1, -0.05) is 0 Å². The first-order valence-electron chi connectivity index (χ1n) is 2.29. The molecule has 1 aromatic heterocycles. The van der Waals surface area contributed by atoms with E-state index in [0.29, 0.717) is 5.69 Å². The van der Waals surface area contributed by atoms with Gasteiger partial charge in [0, 0.05) is 5.38 Å². The van der Waals surface area contributed by atoms with Crippen molar-refractivity contribution in [2.75, 3.05) is 5.32 Å². The normalized spacial score (nSPS) is 8.89. The van der Waals surface area contributed by atoms with Crippen molar-refractivity contribution in [2.24, 2.45) is 0 Å². The number of hydrogen-bond acceptors (Lipinski definition) is 3. The van der Waals surface area contributed by atoms with Crippen LogP contribution in [0.25, 0.3) is 0 Å². The zero-order valence-corrected chi connectivity index (χ0v) is 5.27. The van der Waals surface area contributed by atoms with Crippen LogP contribution in [0.15, 0.2) is 16.8 Å². The van der Waals surface area contributed by atoms with Gasteiger partial charge in [0.2, 0.25) is 0 Å². The molecule has 0 radical (unpaired) electrons. The molecule has 9 heavy (non-hydrogen) atoms. The second kappa shape index (κ2) is 2.50. The molecule has 1 N–H and O–H groups in total. The minimum atomic E-state index is -1.27. The molecule has 0 aliphatic carbocycles. The van der Waals surface area contributed by atoms with Crippen molar-refractivity contribution in [3.05, 3.63) is 16.8 Å². The van der Waals surface area contributed by atoms with Gasteiger partial charge in [-0.05, 0) is 11.4 Å². The highest BCUT2D eigenvalue weighted by Crippen LogP contribution is 2.10. The summed E-state index contributed by atoms with van der Waals surface area (Å²) >= 11 is 1.43. The van der Waals surface area contributed by atoms with Crippen molar-refractivity contribution in [2.45, 2.75) is 0 Å². The third kappa shape index (κ3) is 1.73. The molecule has 1 heterocycles. The van der Waals surface area contributed by atoms with Crippen molar-refractivity contribution < 1.29 is 9.90 Å². The molecular formula is C5H4NO2S-. The number of anilines is 1. The summed E-state index contributed by atoms with van der Waals surface area (Å²) in [6, 6.07) is 1.67. The van der Waals surface area contributed by atoms with Gasteiger partial charge in [0.05, 0.1) is 5.69 Å². The number of rotatable bonds is 1. The quantitative estimate of drug-likeness (QED) is 0.620. The summed E-state index contributed by atoms with van der Waals surface area (Å²) < 4.78 is 0. The van der Waals surface area contributed by atoms with E-state index in [9.17, 15) is 9.90 Å². The highest BCUT2D eigenvalue weighted by atomic mass is 32.1. The van der Waals surface area contributed by atoms with Crippen LogP contribution >= 0.6 is 11.3 Å². The SMILES string of the molecule is O=C([O-])Nc1ccsc1. The fourth-order valence-electron chi connectivity index (χ4n) is 0.453. The number of amides is 1. The average Bonchev–Trinajstić information content (AvgIpc) is 2.15. The van der Waals surface area contributed by atoms with Crippen molar-refractivity contribution in [1.82, 2.24) is 0 Å². The first-order valence-corrected chi connectivity index (χ1v) is 3.23. The van der Waals surface area contributed by atoms with Gasteiger partial charge in [0.25, 0.3) is 0 Å². The van der Waals surface area contributed by atoms with Crippen molar-refractivity contribution in [3.8, 4) is 0 Å². The number of carbonyl (C=O) groups excluding carboxylic acids is 1. The molecule has 0 saturated heterocycles. The Labute approximate surface area is 55.9 Å². The van der Waals surface area contributed by atoms with Crippen LogP contribution in [-0.2, 0) is 0 Å². The summed E-state index contributed by atoms with van der Waals surface area (Å²) in [5, 5.41) is 15.4. The number of nitrogens with one attached hydrogen (secondary N) is 1. The van der Waals surface area contributed by atoms with E-state index in [-0.39, 0.29) is 0 Å². The Hall–Kier alpha value is -1.03. The highest BCUT2D eigenvalue weighted by Gasteiger charge is 1.87. The lowest BCUT2D eigenvalue weighted by atomic mass is 10.5. The van der Waals surface area contributed by atoms with Crippen LogP contribution in [0.2, 0.25) is 0 Å². The first kappa shape index (κ1) is 6.10. The molecule has 3 nitrogen and oxygen atoms in total. The fraction of sp³-hybridized carbons (Fsp3) is 0. The molecule has 0 atom stereocenters. The lowest BCUT2D eigenvalue weighted by Gasteiger charge is -2.00. The van der Waals surface area contributed by atoms with Gasteiger partial charge in [-0.15, -0.1) is 0 Å². The summed E-state index contributed by atoms with van der Waals surface area (Å²) in [7, 11) is 0. The Balaban J connectivity index is 2.58. The second-order valence-electron chi connectivity index (χ2n) is 1.42. The number of carboxylic acid groups (broad SMARTS) is 1. The maximum Gasteiger partial charge on any atom is 0.138 e. The summed E-state index contributed by atoms with van der Waals surface area (Å²) in [6.45, 7) is 0. The van der Waals surface area contributed by atoms with Gasteiger partial charge >= 0.3 is 0 Å². The standard InChI is InChI=1S/C5H5NO2S/c7-5(8)6-4-1-2-9-3-4/h1-3,6H,(H,7,8)/p-1. The molecule has 0 spiro atoms. The zero-order valence-electron chi connectivity index (χ0n) is 4.46. The molecule has 0 bridgehead atoms. The smallest absolute Gasteiger partial charge is 0.138 e. The fourth-order valence-corrected chi connectivity index (χ4v) is 1.04. The van der Waals surface area contributed by atoms with Gasteiger partial charge in [0.1, 0.15) is 6.09 Å². The molecule has 1 amide bonds. The van der Waals surface area contributed by atoms with E-state index in [2.05, 4.69) is 5.32 Å². The highest BCUT2D eigenvalue weighted by molar-refractivity contribution is 7.08. The monoisotopic (exact) mass is 142 g/mol. The molecule has 0 aliphatic rings. The van der Waals surface area contributed by atoms with E-state index < -0.39 is 6.09 Å². The Kier molecular flexibility index (Phi) is 1.69. The van der Waals surface area contributed by atoms with Crippen LogP contribution in [0.4, 0.5) is 10.5 Å². The van der Waals surface area contributed by atoms with Crippen LogP contribution in [0.3, 0.4) is 0 Å². The van der Waals surface area contributed by atoms with Crippen molar-refractivity contribution >= 4 is 23.1 Å². The van der Waals surface area contributed by atoms with Crippen molar-refractivity contribution in [1.29, 1.82) is 0 Å². The minimum absolute atomic E-state index is 0.569. The van der Waals surface area contributed by atoms with Gasteiger partial charge in [-0.3, -0.25) is 0 Å². The molecule has 1 aromatic rings. The first-order chi connectivity index (χ1) is 4.29. The molecule has 1 rings (SSSR count). The molecule has 0 unspecified atom stereocenters. The molecule has 0 aromatic carbocycles.